The maximum Gasteiger partial charge on any atom is 0.0952 e. The number of fused-ring (bicyclic) bond motifs is 1. The van der Waals surface area contributed by atoms with Gasteiger partial charge >= 0.3 is 0 Å². The molecular weight excluding hydrogens is 162 g/mol. The fraction of sp³-hybridized carbons (Fsp3) is 0.700. The summed E-state index contributed by atoms with van der Waals surface area (Å²) < 4.78 is 2.32. The summed E-state index contributed by atoms with van der Waals surface area (Å²) in [5, 5.41) is 3.33. The van der Waals surface area contributed by atoms with Crippen molar-refractivity contribution in [1.29, 1.82) is 0 Å². The van der Waals surface area contributed by atoms with Gasteiger partial charge < -0.3 is 9.88 Å². The summed E-state index contributed by atoms with van der Waals surface area (Å²) in [5.74, 6) is 0. The van der Waals surface area contributed by atoms with Crippen LogP contribution in [-0.4, -0.2) is 16.1 Å². The molecule has 0 aromatic carbocycles. The van der Waals surface area contributed by atoms with E-state index >= 15 is 0 Å². The molecule has 0 atom stereocenters. The van der Waals surface area contributed by atoms with Crippen LogP contribution in [-0.2, 0) is 19.5 Å². The van der Waals surface area contributed by atoms with Gasteiger partial charge in [0, 0.05) is 31.7 Å². The fourth-order valence-corrected chi connectivity index (χ4v) is 1.82. The van der Waals surface area contributed by atoms with Gasteiger partial charge in [0.1, 0.15) is 0 Å². The van der Waals surface area contributed by atoms with Crippen molar-refractivity contribution >= 4 is 0 Å². The summed E-state index contributed by atoms with van der Waals surface area (Å²) >= 11 is 0. The third-order valence-electron chi connectivity index (χ3n) is 2.62. The molecular formula is C10H17N3. The highest BCUT2D eigenvalue weighted by atomic mass is 15.1. The van der Waals surface area contributed by atoms with E-state index in [4.69, 9.17) is 0 Å². The molecule has 0 fully saturated rings. The monoisotopic (exact) mass is 179 g/mol. The number of unbranched alkanes of at least 4 members (excludes halogenated alkanes) is 1. The van der Waals surface area contributed by atoms with Gasteiger partial charge in [0.2, 0.25) is 0 Å². The molecule has 2 rings (SSSR count). The predicted molar refractivity (Wildman–Crippen MR) is 52.5 cm³/mol. The highest BCUT2D eigenvalue weighted by Crippen LogP contribution is 2.12. The average molecular weight is 179 g/mol. The molecule has 0 amide bonds. The second-order valence-corrected chi connectivity index (χ2v) is 3.61. The van der Waals surface area contributed by atoms with Crippen LogP contribution in [0.15, 0.2) is 6.33 Å². The molecule has 13 heavy (non-hydrogen) atoms. The van der Waals surface area contributed by atoms with Crippen molar-refractivity contribution in [1.82, 2.24) is 14.9 Å². The molecule has 1 aliphatic rings. The van der Waals surface area contributed by atoms with E-state index in [0.29, 0.717) is 0 Å². The van der Waals surface area contributed by atoms with Gasteiger partial charge in [-0.2, -0.15) is 0 Å². The zero-order valence-corrected chi connectivity index (χ0v) is 8.21. The lowest BCUT2D eigenvalue weighted by molar-refractivity contribution is 0.567. The van der Waals surface area contributed by atoms with Crippen molar-refractivity contribution in [3.05, 3.63) is 17.7 Å². The van der Waals surface area contributed by atoms with Gasteiger partial charge in [0.25, 0.3) is 0 Å². The number of hydrogen-bond donors (Lipinski definition) is 1. The molecule has 3 nitrogen and oxygen atoms in total. The van der Waals surface area contributed by atoms with Gasteiger partial charge in [0.15, 0.2) is 0 Å². The van der Waals surface area contributed by atoms with E-state index in [2.05, 4.69) is 21.8 Å². The lowest BCUT2D eigenvalue weighted by atomic mass is 10.2. The minimum absolute atomic E-state index is 0.953. The molecule has 0 radical (unpaired) electrons. The Morgan fingerprint density at radius 2 is 2.54 bits per heavy atom. The standard InChI is InChI=1S/C10H17N3/c1-2-3-6-13-8-12-9-7-11-5-4-10(9)13/h8,11H,2-7H2,1H3. The van der Waals surface area contributed by atoms with Crippen molar-refractivity contribution in [2.75, 3.05) is 6.54 Å². The van der Waals surface area contributed by atoms with Gasteiger partial charge in [-0.3, -0.25) is 0 Å². The second kappa shape index (κ2) is 3.92. The second-order valence-electron chi connectivity index (χ2n) is 3.61. The smallest absolute Gasteiger partial charge is 0.0952 e. The number of imidazole rings is 1. The summed E-state index contributed by atoms with van der Waals surface area (Å²) in [5.41, 5.74) is 2.70. The summed E-state index contributed by atoms with van der Waals surface area (Å²) in [7, 11) is 0. The van der Waals surface area contributed by atoms with Crippen LogP contribution >= 0.6 is 0 Å². The minimum atomic E-state index is 0.953. The van der Waals surface area contributed by atoms with Crippen LogP contribution in [0.4, 0.5) is 0 Å². The summed E-state index contributed by atoms with van der Waals surface area (Å²) in [6.07, 6.45) is 5.65. The molecule has 1 aromatic rings. The fourth-order valence-electron chi connectivity index (χ4n) is 1.82. The van der Waals surface area contributed by atoms with Crippen LogP contribution in [0.25, 0.3) is 0 Å². The Hall–Kier alpha value is -0.830. The van der Waals surface area contributed by atoms with Crippen molar-refractivity contribution in [3.63, 3.8) is 0 Å². The normalized spacial score (nSPS) is 15.8. The number of hydrogen-bond acceptors (Lipinski definition) is 2. The van der Waals surface area contributed by atoms with Crippen molar-refractivity contribution in [2.24, 2.45) is 0 Å². The van der Waals surface area contributed by atoms with E-state index in [0.717, 1.165) is 26.1 Å². The zero-order chi connectivity index (χ0) is 9.10. The summed E-state index contributed by atoms with van der Waals surface area (Å²) in [4.78, 5) is 4.41. The van der Waals surface area contributed by atoms with E-state index in [1.807, 2.05) is 6.33 Å². The number of nitrogens with zero attached hydrogens (tertiary/aromatic N) is 2. The SMILES string of the molecule is CCCCn1cnc2c1CCNC2. The maximum absolute atomic E-state index is 4.41. The van der Waals surface area contributed by atoms with Crippen LogP contribution in [0.5, 0.6) is 0 Å². The van der Waals surface area contributed by atoms with E-state index in [1.54, 1.807) is 0 Å². The Balaban J connectivity index is 2.12. The van der Waals surface area contributed by atoms with Gasteiger partial charge in [-0.25, -0.2) is 4.98 Å². The molecule has 0 aliphatic carbocycles. The number of aryl methyl sites for hydroxylation is 1. The molecule has 0 saturated heterocycles. The molecule has 1 aliphatic heterocycles. The molecule has 0 unspecified atom stereocenters. The zero-order valence-electron chi connectivity index (χ0n) is 8.21. The lowest BCUT2D eigenvalue weighted by Gasteiger charge is -2.14. The third kappa shape index (κ3) is 1.75. The number of rotatable bonds is 3. The van der Waals surface area contributed by atoms with Gasteiger partial charge in [0.05, 0.1) is 12.0 Å². The van der Waals surface area contributed by atoms with E-state index in [1.165, 1.54) is 24.2 Å². The first-order chi connectivity index (χ1) is 6.42. The van der Waals surface area contributed by atoms with Gasteiger partial charge in [-0.1, -0.05) is 13.3 Å². The van der Waals surface area contributed by atoms with Crippen molar-refractivity contribution in [3.8, 4) is 0 Å². The van der Waals surface area contributed by atoms with Crippen molar-refractivity contribution < 1.29 is 0 Å². The largest absolute Gasteiger partial charge is 0.334 e. The molecule has 2 heterocycles. The van der Waals surface area contributed by atoms with Crippen LogP contribution in [0.2, 0.25) is 0 Å². The van der Waals surface area contributed by atoms with Crippen LogP contribution < -0.4 is 5.32 Å². The van der Waals surface area contributed by atoms with Crippen LogP contribution in [0.1, 0.15) is 31.2 Å². The minimum Gasteiger partial charge on any atom is -0.334 e. The maximum atomic E-state index is 4.41. The molecule has 3 heteroatoms. The Kier molecular flexibility index (Phi) is 2.64. The highest BCUT2D eigenvalue weighted by Gasteiger charge is 2.13. The van der Waals surface area contributed by atoms with E-state index in [-0.39, 0.29) is 0 Å². The first-order valence-electron chi connectivity index (χ1n) is 5.15. The van der Waals surface area contributed by atoms with Crippen LogP contribution in [0, 0.1) is 0 Å². The molecule has 0 spiro atoms. The average Bonchev–Trinajstić information content (AvgIpc) is 2.58. The highest BCUT2D eigenvalue weighted by molar-refractivity contribution is 5.16. The molecule has 72 valence electrons. The molecule has 1 aromatic heterocycles. The first-order valence-corrected chi connectivity index (χ1v) is 5.15. The number of aromatic nitrogens is 2. The predicted octanol–water partition coefficient (Wildman–Crippen LogP) is 1.33. The Morgan fingerprint density at radius 1 is 1.62 bits per heavy atom. The van der Waals surface area contributed by atoms with Crippen LogP contribution in [0.3, 0.4) is 0 Å². The Morgan fingerprint density at radius 3 is 3.38 bits per heavy atom. The summed E-state index contributed by atoms with van der Waals surface area (Å²) in [6, 6.07) is 0. The summed E-state index contributed by atoms with van der Waals surface area (Å²) in [6.45, 7) is 5.42. The third-order valence-corrected chi connectivity index (χ3v) is 2.62. The molecule has 1 N–H and O–H groups in total. The lowest BCUT2D eigenvalue weighted by Crippen LogP contribution is -2.25. The first kappa shape index (κ1) is 8.75. The number of nitrogens with one attached hydrogen (secondary N) is 1. The van der Waals surface area contributed by atoms with Gasteiger partial charge in [-0.05, 0) is 6.42 Å². The molecule has 0 saturated carbocycles. The Bertz CT molecular complexity index is 278. The quantitative estimate of drug-likeness (QED) is 0.758. The Labute approximate surface area is 79.2 Å². The van der Waals surface area contributed by atoms with Gasteiger partial charge in [-0.15, -0.1) is 0 Å². The van der Waals surface area contributed by atoms with E-state index in [9.17, 15) is 0 Å². The van der Waals surface area contributed by atoms with E-state index < -0.39 is 0 Å². The topological polar surface area (TPSA) is 29.9 Å². The molecule has 0 bridgehead atoms. The van der Waals surface area contributed by atoms with Crippen molar-refractivity contribution in [2.45, 2.75) is 39.3 Å².